The van der Waals surface area contributed by atoms with Gasteiger partial charge in [0.1, 0.15) is 5.82 Å². The summed E-state index contributed by atoms with van der Waals surface area (Å²) in [5, 5.41) is 3.09. The molecule has 0 saturated heterocycles. The van der Waals surface area contributed by atoms with E-state index in [0.717, 1.165) is 17.1 Å². The molecule has 0 aliphatic rings. The van der Waals surface area contributed by atoms with Gasteiger partial charge in [0.2, 0.25) is 0 Å². The van der Waals surface area contributed by atoms with Crippen LogP contribution >= 0.6 is 0 Å². The Morgan fingerprint density at radius 2 is 1.94 bits per heavy atom. The second-order valence-corrected chi connectivity index (χ2v) is 3.74. The van der Waals surface area contributed by atoms with Gasteiger partial charge < -0.3 is 11.1 Å². The van der Waals surface area contributed by atoms with Crippen molar-refractivity contribution < 1.29 is 0 Å². The molecule has 16 heavy (non-hydrogen) atoms. The fourth-order valence-electron chi connectivity index (χ4n) is 1.33. The van der Waals surface area contributed by atoms with Gasteiger partial charge in [-0.15, -0.1) is 0 Å². The van der Waals surface area contributed by atoms with Crippen LogP contribution in [0, 0.1) is 13.8 Å². The van der Waals surface area contributed by atoms with Gasteiger partial charge in [-0.05, 0) is 37.6 Å². The SMILES string of the molecule is Cc1ccc(Nc2nc(C)ccc2N)nc1. The molecule has 0 aliphatic carbocycles. The second-order valence-electron chi connectivity index (χ2n) is 3.74. The third-order valence-electron chi connectivity index (χ3n) is 2.22. The van der Waals surface area contributed by atoms with Crippen LogP contribution in [-0.2, 0) is 0 Å². The van der Waals surface area contributed by atoms with Crippen molar-refractivity contribution in [3.05, 3.63) is 41.7 Å². The zero-order chi connectivity index (χ0) is 11.5. The number of aromatic nitrogens is 2. The fraction of sp³-hybridized carbons (Fsp3) is 0.167. The van der Waals surface area contributed by atoms with Crippen LogP contribution in [0.25, 0.3) is 0 Å². The number of hydrogen-bond donors (Lipinski definition) is 2. The van der Waals surface area contributed by atoms with Gasteiger partial charge in [0.15, 0.2) is 5.82 Å². The van der Waals surface area contributed by atoms with Crippen LogP contribution in [0.15, 0.2) is 30.5 Å². The van der Waals surface area contributed by atoms with Gasteiger partial charge >= 0.3 is 0 Å². The van der Waals surface area contributed by atoms with Crippen LogP contribution in [-0.4, -0.2) is 9.97 Å². The number of rotatable bonds is 2. The quantitative estimate of drug-likeness (QED) is 0.805. The van der Waals surface area contributed by atoms with E-state index < -0.39 is 0 Å². The Kier molecular flexibility index (Phi) is 2.72. The summed E-state index contributed by atoms with van der Waals surface area (Å²) in [6, 6.07) is 7.60. The summed E-state index contributed by atoms with van der Waals surface area (Å²) in [6.45, 7) is 3.92. The molecule has 0 radical (unpaired) electrons. The number of nitrogen functional groups attached to an aromatic ring is 1. The van der Waals surface area contributed by atoms with E-state index in [9.17, 15) is 0 Å². The van der Waals surface area contributed by atoms with Crippen molar-refractivity contribution in [1.82, 2.24) is 9.97 Å². The van der Waals surface area contributed by atoms with Crippen molar-refractivity contribution >= 4 is 17.3 Å². The van der Waals surface area contributed by atoms with E-state index in [-0.39, 0.29) is 0 Å². The first-order valence-electron chi connectivity index (χ1n) is 5.08. The highest BCUT2D eigenvalue weighted by molar-refractivity contribution is 5.66. The van der Waals surface area contributed by atoms with Crippen LogP contribution in [0.2, 0.25) is 0 Å². The van der Waals surface area contributed by atoms with Crippen molar-refractivity contribution in [3.63, 3.8) is 0 Å². The molecule has 0 spiro atoms. The normalized spacial score (nSPS) is 10.1. The molecule has 0 saturated carbocycles. The van der Waals surface area contributed by atoms with Gasteiger partial charge in [-0.3, -0.25) is 0 Å². The molecule has 82 valence electrons. The minimum atomic E-state index is 0.618. The van der Waals surface area contributed by atoms with Gasteiger partial charge in [0.05, 0.1) is 5.69 Å². The molecule has 2 rings (SSSR count). The van der Waals surface area contributed by atoms with Crippen LogP contribution in [0.1, 0.15) is 11.3 Å². The molecule has 0 unspecified atom stereocenters. The number of nitrogens with zero attached hydrogens (tertiary/aromatic N) is 2. The molecule has 0 atom stereocenters. The lowest BCUT2D eigenvalue weighted by atomic mass is 10.3. The summed E-state index contributed by atoms with van der Waals surface area (Å²) in [6.07, 6.45) is 1.80. The van der Waals surface area contributed by atoms with Crippen LogP contribution in [0.5, 0.6) is 0 Å². The highest BCUT2D eigenvalue weighted by Gasteiger charge is 2.02. The van der Waals surface area contributed by atoms with Crippen LogP contribution < -0.4 is 11.1 Å². The van der Waals surface area contributed by atoms with E-state index in [0.29, 0.717) is 11.5 Å². The Morgan fingerprint density at radius 1 is 1.12 bits per heavy atom. The molecular weight excluding hydrogens is 200 g/mol. The topological polar surface area (TPSA) is 63.8 Å². The van der Waals surface area contributed by atoms with E-state index >= 15 is 0 Å². The van der Waals surface area contributed by atoms with Gasteiger partial charge in [0, 0.05) is 11.9 Å². The Hall–Kier alpha value is -2.10. The molecule has 4 nitrogen and oxygen atoms in total. The minimum Gasteiger partial charge on any atom is -0.396 e. The van der Waals surface area contributed by atoms with Crippen molar-refractivity contribution in [2.24, 2.45) is 0 Å². The predicted octanol–water partition coefficient (Wildman–Crippen LogP) is 2.42. The molecule has 3 N–H and O–H groups in total. The smallest absolute Gasteiger partial charge is 0.155 e. The van der Waals surface area contributed by atoms with Gasteiger partial charge in [-0.25, -0.2) is 9.97 Å². The summed E-state index contributed by atoms with van der Waals surface area (Å²) in [5.41, 5.74) is 8.47. The number of nitrogens with two attached hydrogens (primary N) is 1. The highest BCUT2D eigenvalue weighted by atomic mass is 15.1. The summed E-state index contributed by atoms with van der Waals surface area (Å²) >= 11 is 0. The first-order chi connectivity index (χ1) is 7.65. The Labute approximate surface area is 94.5 Å². The molecule has 4 heteroatoms. The maximum absolute atomic E-state index is 5.81. The summed E-state index contributed by atoms with van der Waals surface area (Å²) in [5.74, 6) is 1.40. The maximum atomic E-state index is 5.81. The number of hydrogen-bond acceptors (Lipinski definition) is 4. The van der Waals surface area contributed by atoms with E-state index in [1.807, 2.05) is 38.1 Å². The maximum Gasteiger partial charge on any atom is 0.155 e. The van der Waals surface area contributed by atoms with Crippen molar-refractivity contribution in [2.75, 3.05) is 11.1 Å². The van der Waals surface area contributed by atoms with E-state index in [4.69, 9.17) is 5.73 Å². The Balaban J connectivity index is 2.26. The lowest BCUT2D eigenvalue weighted by Gasteiger charge is -2.08. The number of aryl methyl sites for hydroxylation is 2. The predicted molar refractivity (Wildman–Crippen MR) is 65.6 cm³/mol. The summed E-state index contributed by atoms with van der Waals surface area (Å²) < 4.78 is 0. The molecule has 0 aromatic carbocycles. The standard InChI is InChI=1S/C12H14N4/c1-8-3-6-11(14-7-8)16-12-10(13)5-4-9(2)15-12/h3-7H,13H2,1-2H3,(H,14,15,16). The summed E-state index contributed by atoms with van der Waals surface area (Å²) in [4.78, 5) is 8.55. The first-order valence-corrected chi connectivity index (χ1v) is 5.08. The Bertz CT molecular complexity index is 491. The van der Waals surface area contributed by atoms with Gasteiger partial charge in [0.25, 0.3) is 0 Å². The molecule has 0 amide bonds. The van der Waals surface area contributed by atoms with Crippen molar-refractivity contribution in [3.8, 4) is 0 Å². The Morgan fingerprint density at radius 3 is 2.62 bits per heavy atom. The summed E-state index contributed by atoms with van der Waals surface area (Å²) in [7, 11) is 0. The molecule has 2 aromatic rings. The highest BCUT2D eigenvalue weighted by Crippen LogP contribution is 2.19. The zero-order valence-electron chi connectivity index (χ0n) is 9.36. The van der Waals surface area contributed by atoms with Crippen LogP contribution in [0.4, 0.5) is 17.3 Å². The minimum absolute atomic E-state index is 0.618. The van der Waals surface area contributed by atoms with E-state index in [1.165, 1.54) is 0 Å². The number of pyridine rings is 2. The van der Waals surface area contributed by atoms with Crippen molar-refractivity contribution in [1.29, 1.82) is 0 Å². The number of nitrogens with one attached hydrogen (secondary N) is 1. The first kappa shape index (κ1) is 10.4. The van der Waals surface area contributed by atoms with Crippen LogP contribution in [0.3, 0.4) is 0 Å². The molecular formula is C12H14N4. The number of anilines is 3. The van der Waals surface area contributed by atoms with Gasteiger partial charge in [-0.2, -0.15) is 0 Å². The average Bonchev–Trinajstić information content (AvgIpc) is 2.27. The average molecular weight is 214 g/mol. The van der Waals surface area contributed by atoms with E-state index in [2.05, 4.69) is 15.3 Å². The second kappa shape index (κ2) is 4.18. The fourth-order valence-corrected chi connectivity index (χ4v) is 1.33. The third-order valence-corrected chi connectivity index (χ3v) is 2.22. The van der Waals surface area contributed by atoms with Gasteiger partial charge in [-0.1, -0.05) is 6.07 Å². The zero-order valence-corrected chi connectivity index (χ0v) is 9.36. The molecule has 2 heterocycles. The molecule has 2 aromatic heterocycles. The molecule has 0 fully saturated rings. The lowest BCUT2D eigenvalue weighted by molar-refractivity contribution is 1.18. The lowest BCUT2D eigenvalue weighted by Crippen LogP contribution is -2.01. The largest absolute Gasteiger partial charge is 0.396 e. The third kappa shape index (κ3) is 2.28. The van der Waals surface area contributed by atoms with Crippen molar-refractivity contribution in [2.45, 2.75) is 13.8 Å². The molecule has 0 bridgehead atoms. The monoisotopic (exact) mass is 214 g/mol. The van der Waals surface area contributed by atoms with E-state index in [1.54, 1.807) is 6.20 Å². The molecule has 0 aliphatic heterocycles.